The number of pyridine rings is 1. The normalized spacial score (nSPS) is 14.9. The van der Waals surface area contributed by atoms with Gasteiger partial charge in [-0.3, -0.25) is 9.48 Å². The predicted molar refractivity (Wildman–Crippen MR) is 136 cm³/mol. The average molecular weight is 531 g/mol. The van der Waals surface area contributed by atoms with Crippen LogP contribution in [0.2, 0.25) is 0 Å². The maximum atomic E-state index is 13.1. The van der Waals surface area contributed by atoms with Crippen molar-refractivity contribution in [2.75, 3.05) is 24.1 Å². The van der Waals surface area contributed by atoms with Gasteiger partial charge in [0.2, 0.25) is 0 Å². The number of halogens is 3. The molecule has 3 aromatic rings. The molecule has 9 nitrogen and oxygen atoms in total. The SMILES string of the molecule is CC(C)(C)c1nn(C2CCN(C(=O)O)CC2)cc1-c1cnc(N)c(C(=O)Nc2cccc(C(F)(F)F)c2)c1. The van der Waals surface area contributed by atoms with Gasteiger partial charge in [0, 0.05) is 47.7 Å². The smallest absolute Gasteiger partial charge is 0.416 e. The molecule has 0 spiro atoms. The highest BCUT2D eigenvalue weighted by molar-refractivity contribution is 6.07. The number of carbonyl (C=O) groups excluding carboxylic acids is 1. The van der Waals surface area contributed by atoms with E-state index in [4.69, 9.17) is 10.8 Å². The number of nitrogens with one attached hydrogen (secondary N) is 1. The lowest BCUT2D eigenvalue weighted by Crippen LogP contribution is -2.38. The Kier molecular flexibility index (Phi) is 7.09. The first-order chi connectivity index (χ1) is 17.7. The van der Waals surface area contributed by atoms with E-state index >= 15 is 0 Å². The van der Waals surface area contributed by atoms with Gasteiger partial charge in [0.05, 0.1) is 22.9 Å². The highest BCUT2D eigenvalue weighted by Gasteiger charge is 2.31. The Balaban J connectivity index is 1.65. The van der Waals surface area contributed by atoms with Gasteiger partial charge in [-0.15, -0.1) is 0 Å². The largest absolute Gasteiger partial charge is 0.465 e. The molecule has 1 aliphatic rings. The van der Waals surface area contributed by atoms with Crippen molar-refractivity contribution in [3.63, 3.8) is 0 Å². The maximum absolute atomic E-state index is 13.1. The molecule has 38 heavy (non-hydrogen) atoms. The molecule has 1 fully saturated rings. The molecule has 1 saturated heterocycles. The van der Waals surface area contributed by atoms with E-state index in [9.17, 15) is 27.9 Å². The zero-order valence-electron chi connectivity index (χ0n) is 21.2. The van der Waals surface area contributed by atoms with Gasteiger partial charge in [0.15, 0.2) is 0 Å². The van der Waals surface area contributed by atoms with Crippen molar-refractivity contribution in [1.29, 1.82) is 0 Å². The lowest BCUT2D eigenvalue weighted by molar-refractivity contribution is -0.137. The number of piperidine rings is 1. The first-order valence-electron chi connectivity index (χ1n) is 12.1. The summed E-state index contributed by atoms with van der Waals surface area (Å²) in [5, 5.41) is 16.5. The van der Waals surface area contributed by atoms with Crippen molar-refractivity contribution in [2.24, 2.45) is 0 Å². The van der Waals surface area contributed by atoms with Crippen molar-refractivity contribution in [2.45, 2.75) is 51.2 Å². The minimum absolute atomic E-state index is 0.00543. The summed E-state index contributed by atoms with van der Waals surface area (Å²) >= 11 is 0. The van der Waals surface area contributed by atoms with Crippen LogP contribution in [0.1, 0.15) is 61.3 Å². The van der Waals surface area contributed by atoms with Crippen LogP contribution >= 0.6 is 0 Å². The molecule has 0 saturated carbocycles. The minimum Gasteiger partial charge on any atom is -0.465 e. The molecule has 0 bridgehead atoms. The standard InChI is InChI=1S/C26H29F3N6O3/c1-25(2,3)21-20(14-35(33-21)18-7-9-34(10-8-18)24(37)38)15-11-19(22(30)31-13-15)23(36)32-17-6-4-5-16(12-17)26(27,28)29/h4-6,11-14,18H,7-10H2,1-3H3,(H2,30,31)(H,32,36)(H,37,38). The second kappa shape index (κ2) is 9.99. The molecule has 0 radical (unpaired) electrons. The van der Waals surface area contributed by atoms with E-state index in [1.165, 1.54) is 23.2 Å². The number of nitrogens with zero attached hydrogens (tertiary/aromatic N) is 4. The van der Waals surface area contributed by atoms with Crippen LogP contribution in [0.15, 0.2) is 42.7 Å². The third-order valence-corrected chi connectivity index (χ3v) is 6.47. The lowest BCUT2D eigenvalue weighted by Gasteiger charge is -2.30. The number of amides is 2. The van der Waals surface area contributed by atoms with Crippen molar-refractivity contribution in [1.82, 2.24) is 19.7 Å². The summed E-state index contributed by atoms with van der Waals surface area (Å²) in [6.45, 7) is 6.82. The first-order valence-corrected chi connectivity index (χ1v) is 12.1. The van der Waals surface area contributed by atoms with Crippen LogP contribution < -0.4 is 11.1 Å². The minimum atomic E-state index is -4.55. The van der Waals surface area contributed by atoms with Gasteiger partial charge >= 0.3 is 12.3 Å². The fraction of sp³-hybridized carbons (Fsp3) is 0.385. The maximum Gasteiger partial charge on any atom is 0.416 e. The summed E-state index contributed by atoms with van der Waals surface area (Å²) in [6.07, 6.45) is -0.870. The molecule has 1 aromatic carbocycles. The number of hydrogen-bond donors (Lipinski definition) is 3. The molecule has 202 valence electrons. The average Bonchev–Trinajstić information content (AvgIpc) is 3.30. The fourth-order valence-corrected chi connectivity index (χ4v) is 4.44. The monoisotopic (exact) mass is 530 g/mol. The van der Waals surface area contributed by atoms with E-state index < -0.39 is 23.7 Å². The number of carboxylic acid groups (broad SMARTS) is 1. The molecule has 2 amide bonds. The van der Waals surface area contributed by atoms with Crippen LogP contribution in [-0.4, -0.2) is 49.9 Å². The third-order valence-electron chi connectivity index (χ3n) is 6.47. The first kappa shape index (κ1) is 27.0. The predicted octanol–water partition coefficient (Wildman–Crippen LogP) is 5.41. The van der Waals surface area contributed by atoms with E-state index in [1.807, 2.05) is 31.6 Å². The fourth-order valence-electron chi connectivity index (χ4n) is 4.44. The van der Waals surface area contributed by atoms with Crippen LogP contribution in [0.4, 0.5) is 29.5 Å². The summed E-state index contributed by atoms with van der Waals surface area (Å²) < 4.78 is 41.1. The number of aromatic nitrogens is 3. The Hall–Kier alpha value is -4.09. The Morgan fingerprint density at radius 1 is 1.13 bits per heavy atom. The Morgan fingerprint density at radius 3 is 2.42 bits per heavy atom. The summed E-state index contributed by atoms with van der Waals surface area (Å²) in [6, 6.07) is 5.89. The number of rotatable bonds is 4. The van der Waals surface area contributed by atoms with Crippen molar-refractivity contribution < 1.29 is 27.9 Å². The van der Waals surface area contributed by atoms with Crippen LogP contribution in [0.25, 0.3) is 11.1 Å². The Morgan fingerprint density at radius 2 is 1.82 bits per heavy atom. The number of nitrogens with two attached hydrogens (primary N) is 1. The number of hydrogen-bond acceptors (Lipinski definition) is 5. The molecule has 0 aliphatic carbocycles. The molecule has 3 heterocycles. The van der Waals surface area contributed by atoms with Crippen LogP contribution in [0.5, 0.6) is 0 Å². The van der Waals surface area contributed by atoms with E-state index in [0.717, 1.165) is 23.4 Å². The van der Waals surface area contributed by atoms with Crippen LogP contribution in [0.3, 0.4) is 0 Å². The number of nitrogen functional groups attached to an aromatic ring is 1. The zero-order chi connectivity index (χ0) is 27.8. The van der Waals surface area contributed by atoms with Gasteiger partial charge in [0.25, 0.3) is 5.91 Å². The summed E-state index contributed by atoms with van der Waals surface area (Å²) in [7, 11) is 0. The molecule has 2 aromatic heterocycles. The number of anilines is 2. The molecule has 4 N–H and O–H groups in total. The van der Waals surface area contributed by atoms with E-state index in [2.05, 4.69) is 10.3 Å². The van der Waals surface area contributed by atoms with Gasteiger partial charge in [-0.05, 0) is 37.1 Å². The molecule has 0 atom stereocenters. The van der Waals surface area contributed by atoms with Gasteiger partial charge in [-0.25, -0.2) is 9.78 Å². The molecule has 4 rings (SSSR count). The molecular formula is C26H29F3N6O3. The number of carbonyl (C=O) groups is 2. The van der Waals surface area contributed by atoms with Crippen LogP contribution in [0, 0.1) is 0 Å². The Bertz CT molecular complexity index is 1350. The lowest BCUT2D eigenvalue weighted by atomic mass is 9.87. The molecule has 1 aliphatic heterocycles. The topological polar surface area (TPSA) is 126 Å². The summed E-state index contributed by atoms with van der Waals surface area (Å²) in [5.74, 6) is -0.758. The zero-order valence-corrected chi connectivity index (χ0v) is 21.2. The highest BCUT2D eigenvalue weighted by atomic mass is 19.4. The van der Waals surface area contributed by atoms with Crippen molar-refractivity contribution >= 4 is 23.5 Å². The second-order valence-corrected chi connectivity index (χ2v) is 10.3. The van der Waals surface area contributed by atoms with Gasteiger partial charge in [-0.2, -0.15) is 18.3 Å². The second-order valence-electron chi connectivity index (χ2n) is 10.3. The molecular weight excluding hydrogens is 501 g/mol. The number of alkyl halides is 3. The highest BCUT2D eigenvalue weighted by Crippen LogP contribution is 2.35. The Labute approximate surface area is 217 Å². The quantitative estimate of drug-likeness (QED) is 0.414. The van der Waals surface area contributed by atoms with Crippen molar-refractivity contribution in [3.8, 4) is 11.1 Å². The van der Waals surface area contributed by atoms with E-state index in [0.29, 0.717) is 31.5 Å². The van der Waals surface area contributed by atoms with Crippen LogP contribution in [-0.2, 0) is 11.6 Å². The summed E-state index contributed by atoms with van der Waals surface area (Å²) in [4.78, 5) is 29.8. The van der Waals surface area contributed by atoms with Gasteiger partial charge < -0.3 is 21.1 Å². The van der Waals surface area contributed by atoms with Crippen molar-refractivity contribution in [3.05, 3.63) is 59.5 Å². The molecule has 0 unspecified atom stereocenters. The van der Waals surface area contributed by atoms with Gasteiger partial charge in [0.1, 0.15) is 5.82 Å². The number of benzene rings is 1. The third kappa shape index (κ3) is 5.74. The van der Waals surface area contributed by atoms with Gasteiger partial charge in [-0.1, -0.05) is 26.8 Å². The molecule has 12 heteroatoms. The summed E-state index contributed by atoms with van der Waals surface area (Å²) in [5.41, 5.74) is 6.79. The number of likely N-dealkylation sites (tertiary alicyclic amines) is 1. The van der Waals surface area contributed by atoms with E-state index in [-0.39, 0.29) is 28.5 Å². The van der Waals surface area contributed by atoms with E-state index in [1.54, 1.807) is 6.07 Å².